The van der Waals surface area contributed by atoms with Crippen molar-refractivity contribution in [2.24, 2.45) is 0 Å². The number of aromatic nitrogens is 4. The number of nitrogens with zero attached hydrogens (tertiary/aromatic N) is 4. The zero-order chi connectivity index (χ0) is 49.8. The molecule has 0 atom stereocenters. The van der Waals surface area contributed by atoms with E-state index in [9.17, 15) is 5.11 Å². The molecule has 1 N–H and O–H groups in total. The number of aryl methyl sites for hydroxylation is 1. The molecule has 1 radical (unpaired) electrons. The minimum absolute atomic E-state index is 0. The van der Waals surface area contributed by atoms with Crippen molar-refractivity contribution in [1.82, 2.24) is 19.5 Å². The Hall–Kier alpha value is -7.24. The van der Waals surface area contributed by atoms with E-state index in [0.717, 1.165) is 50.7 Å². The van der Waals surface area contributed by atoms with Gasteiger partial charge in [0.15, 0.2) is 0 Å². The van der Waals surface area contributed by atoms with Crippen LogP contribution in [0.1, 0.15) is 107 Å². The summed E-state index contributed by atoms with van der Waals surface area (Å²) < 4.78 is 2.23. The summed E-state index contributed by atoms with van der Waals surface area (Å²) in [6.07, 6.45) is 3.67. The van der Waals surface area contributed by atoms with Gasteiger partial charge in [0.2, 0.25) is 0 Å². The van der Waals surface area contributed by atoms with Crippen LogP contribution in [0.4, 0.5) is 0 Å². The summed E-state index contributed by atoms with van der Waals surface area (Å²) in [5, 5.41) is 10.7. The maximum absolute atomic E-state index is 10.7. The molecule has 0 unspecified atom stereocenters. The number of phenols is 1. The number of imidazole rings is 1. The molecule has 6 heteroatoms. The van der Waals surface area contributed by atoms with Crippen LogP contribution in [-0.2, 0) is 20.1 Å². The van der Waals surface area contributed by atoms with E-state index in [1.165, 1.54) is 55.6 Å². The molecule has 0 saturated heterocycles. The number of phenolic OH excluding ortho intramolecular Hbond substituents is 1. The molecule has 3 heterocycles. The average Bonchev–Trinajstić information content (AvgIpc) is 3.79. The van der Waals surface area contributed by atoms with Crippen molar-refractivity contribution in [3.63, 3.8) is 0 Å². The third-order valence-corrected chi connectivity index (χ3v) is 13.2. The van der Waals surface area contributed by atoms with Gasteiger partial charge in [-0.25, -0.2) is 0 Å². The number of aromatic hydroxyl groups is 1. The molecule has 7 aromatic carbocycles. The van der Waals surface area contributed by atoms with Gasteiger partial charge < -0.3 is 9.67 Å². The molecule has 10 rings (SSSR count). The summed E-state index contributed by atoms with van der Waals surface area (Å²) in [5.41, 5.74) is 21.1. The van der Waals surface area contributed by atoms with Crippen LogP contribution in [0.2, 0.25) is 0 Å². The van der Waals surface area contributed by atoms with Gasteiger partial charge in [-0.15, -0.1) is 53.6 Å². The molecular formula is C66H62IrN4O-2. The van der Waals surface area contributed by atoms with Crippen molar-refractivity contribution >= 4 is 11.0 Å². The molecule has 0 aliphatic heterocycles. The second kappa shape index (κ2) is 22.5. The van der Waals surface area contributed by atoms with Crippen molar-refractivity contribution in [2.75, 3.05) is 0 Å². The smallest absolute Gasteiger partial charge is 0.142 e. The molecule has 363 valence electrons. The number of benzene rings is 7. The van der Waals surface area contributed by atoms with Crippen molar-refractivity contribution < 1.29 is 25.2 Å². The van der Waals surface area contributed by atoms with Crippen LogP contribution in [0.15, 0.2) is 182 Å². The SMILES string of the molecule is CC(C)c1cc(-c2ccccc2)cc(C(C)C)c1-c1cc(-c2ccccn2)[c-]c(-c2ccccn2)c1.Cc1c[c-]c(-c2nc3c(O)cccc3n2-c2c(C(C)C)cc(-c3ccccc3)cc2C(C)C)cc1.[Ir]. The first kappa shape index (κ1) is 51.1. The predicted octanol–water partition coefficient (Wildman–Crippen LogP) is 17.6. The van der Waals surface area contributed by atoms with Crippen LogP contribution in [0.5, 0.6) is 5.75 Å². The summed E-state index contributed by atoms with van der Waals surface area (Å²) in [7, 11) is 0. The molecule has 0 aliphatic carbocycles. The third-order valence-electron chi connectivity index (χ3n) is 13.2. The molecule has 72 heavy (non-hydrogen) atoms. The summed E-state index contributed by atoms with van der Waals surface area (Å²) in [6, 6.07) is 65.9. The number of fused-ring (bicyclic) bond motifs is 1. The van der Waals surface area contributed by atoms with Gasteiger partial charge in [0.05, 0.1) is 11.3 Å². The van der Waals surface area contributed by atoms with Gasteiger partial charge >= 0.3 is 0 Å². The molecule has 5 nitrogen and oxygen atoms in total. The van der Waals surface area contributed by atoms with Crippen LogP contribution in [0.3, 0.4) is 0 Å². The van der Waals surface area contributed by atoms with E-state index in [0.29, 0.717) is 17.4 Å². The average molecular weight is 1120 g/mol. The zero-order valence-electron chi connectivity index (χ0n) is 42.7. The van der Waals surface area contributed by atoms with Crippen LogP contribution >= 0.6 is 0 Å². The number of hydrogen-bond donors (Lipinski definition) is 1. The molecule has 0 fully saturated rings. The molecule has 0 saturated carbocycles. The van der Waals surface area contributed by atoms with Gasteiger partial charge in [-0.05, 0) is 110 Å². The standard InChI is InChI=1S/C34H31N2.C32H31N2O.Ir/c1-23(2)30-21-26(25-12-6-5-7-13-25)22-31(24(3)4)34(30)29-19-27(32-14-8-10-16-35-32)18-28(20-29)33-15-9-11-17-36-33;1-20(2)26-18-25(23-10-7-6-8-11-23)19-27(21(3)4)31(26)34-28-12-9-13-29(35)30(28)33-32(34)24-16-14-22(5)15-17-24;/h5-17,19-24H,1-4H3;6-16,18-21,35H,1-5H3;/q2*-1;. The number of rotatable bonds is 11. The minimum Gasteiger partial charge on any atom is -0.506 e. The Labute approximate surface area is 440 Å². The minimum atomic E-state index is 0. The Morgan fingerprint density at radius 1 is 0.472 bits per heavy atom. The van der Waals surface area contributed by atoms with E-state index in [4.69, 9.17) is 4.98 Å². The Morgan fingerprint density at radius 3 is 1.40 bits per heavy atom. The molecule has 0 aliphatic rings. The summed E-state index contributed by atoms with van der Waals surface area (Å²) >= 11 is 0. The van der Waals surface area contributed by atoms with E-state index in [1.807, 2.05) is 67.0 Å². The van der Waals surface area contributed by atoms with E-state index < -0.39 is 0 Å². The van der Waals surface area contributed by atoms with Gasteiger partial charge in [0.25, 0.3) is 0 Å². The maximum atomic E-state index is 10.7. The van der Waals surface area contributed by atoms with Crippen LogP contribution < -0.4 is 0 Å². The van der Waals surface area contributed by atoms with Gasteiger partial charge in [0, 0.05) is 49.6 Å². The summed E-state index contributed by atoms with van der Waals surface area (Å²) in [4.78, 5) is 14.2. The Balaban J connectivity index is 0.000000190. The fourth-order valence-corrected chi connectivity index (χ4v) is 9.51. The molecular weight excluding hydrogens is 1060 g/mol. The molecule has 0 amide bonds. The van der Waals surface area contributed by atoms with E-state index in [1.54, 1.807) is 6.07 Å². The normalized spacial score (nSPS) is 11.3. The Bertz CT molecular complexity index is 3300. The van der Waals surface area contributed by atoms with Crippen LogP contribution in [0.25, 0.3) is 84.0 Å². The van der Waals surface area contributed by atoms with Crippen molar-refractivity contribution in [3.05, 3.63) is 222 Å². The Morgan fingerprint density at radius 2 is 0.958 bits per heavy atom. The first-order valence-corrected chi connectivity index (χ1v) is 24.9. The van der Waals surface area contributed by atoms with Crippen molar-refractivity contribution in [2.45, 2.75) is 86.0 Å². The second-order valence-electron chi connectivity index (χ2n) is 19.7. The second-order valence-corrected chi connectivity index (χ2v) is 19.7. The van der Waals surface area contributed by atoms with Crippen molar-refractivity contribution in [1.29, 1.82) is 0 Å². The fraction of sp³-hybridized carbons (Fsp3) is 0.197. The first-order valence-electron chi connectivity index (χ1n) is 24.9. The van der Waals surface area contributed by atoms with Crippen molar-refractivity contribution in [3.8, 4) is 78.7 Å². The number of hydrogen-bond acceptors (Lipinski definition) is 4. The molecule has 10 aromatic rings. The number of pyridine rings is 2. The third kappa shape index (κ3) is 10.8. The van der Waals surface area contributed by atoms with Gasteiger partial charge in [-0.3, -0.25) is 15.0 Å². The summed E-state index contributed by atoms with van der Waals surface area (Å²) in [5.74, 6) is 2.28. The van der Waals surface area contributed by atoms with Gasteiger partial charge in [0.1, 0.15) is 11.3 Å². The maximum Gasteiger partial charge on any atom is 0.142 e. The number of para-hydroxylation sites is 1. The predicted molar refractivity (Wildman–Crippen MR) is 296 cm³/mol. The largest absolute Gasteiger partial charge is 0.506 e. The molecule has 3 aromatic heterocycles. The fourth-order valence-electron chi connectivity index (χ4n) is 9.51. The van der Waals surface area contributed by atoms with E-state index in [2.05, 4.69) is 198 Å². The monoisotopic (exact) mass is 1120 g/mol. The quantitative estimate of drug-likeness (QED) is 0.131. The summed E-state index contributed by atoms with van der Waals surface area (Å²) in [6.45, 7) is 20.2. The van der Waals surface area contributed by atoms with Gasteiger partial charge in [-0.1, -0.05) is 182 Å². The first-order chi connectivity index (χ1) is 34.4. The van der Waals surface area contributed by atoms with E-state index in [-0.39, 0.29) is 37.7 Å². The zero-order valence-corrected chi connectivity index (χ0v) is 45.1. The Kier molecular flexibility index (Phi) is 15.9. The molecule has 0 bridgehead atoms. The van der Waals surface area contributed by atoms with Crippen LogP contribution in [-0.4, -0.2) is 24.6 Å². The molecule has 0 spiro atoms. The van der Waals surface area contributed by atoms with Crippen LogP contribution in [0, 0.1) is 19.1 Å². The van der Waals surface area contributed by atoms with E-state index >= 15 is 0 Å². The van der Waals surface area contributed by atoms with Gasteiger partial charge in [-0.2, -0.15) is 0 Å². The topological polar surface area (TPSA) is 63.8 Å².